The molecule has 0 aliphatic carbocycles. The second-order valence-corrected chi connectivity index (χ2v) is 11.6. The van der Waals surface area contributed by atoms with E-state index in [-0.39, 0.29) is 24.7 Å². The van der Waals surface area contributed by atoms with Crippen LogP contribution in [0.5, 0.6) is 23.0 Å². The van der Waals surface area contributed by atoms with Crippen molar-refractivity contribution >= 4 is 23.8 Å². The summed E-state index contributed by atoms with van der Waals surface area (Å²) in [6.07, 6.45) is 1.04. The van der Waals surface area contributed by atoms with Crippen molar-refractivity contribution in [3.63, 3.8) is 0 Å². The lowest BCUT2D eigenvalue weighted by Gasteiger charge is -2.18. The molecule has 2 atom stereocenters. The summed E-state index contributed by atoms with van der Waals surface area (Å²) in [4.78, 5) is 51.1. The molecule has 0 spiro atoms. The fraction of sp³-hybridized carbons (Fsp3) is 0.500. The van der Waals surface area contributed by atoms with Crippen molar-refractivity contribution < 1.29 is 48.3 Å². The molecule has 3 heterocycles. The van der Waals surface area contributed by atoms with Gasteiger partial charge in [-0.25, -0.2) is 0 Å². The third-order valence-electron chi connectivity index (χ3n) is 8.09. The van der Waals surface area contributed by atoms with Crippen LogP contribution in [0.25, 0.3) is 0 Å². The Morgan fingerprint density at radius 2 is 0.864 bits per heavy atom. The molecule has 0 aromatic heterocycles. The fourth-order valence-electron chi connectivity index (χ4n) is 5.42. The molecule has 0 unspecified atom stereocenters. The molecule has 2 amide bonds. The van der Waals surface area contributed by atoms with Crippen LogP contribution in [0, 0.1) is 11.8 Å². The number of nitrogens with zero attached hydrogens (tertiary/aromatic N) is 2. The average Bonchev–Trinajstić information content (AvgIpc) is 3.59. The van der Waals surface area contributed by atoms with Crippen molar-refractivity contribution in [3.05, 3.63) is 46.5 Å². The smallest absolute Gasteiger partial charge is 0.306 e. The molecule has 2 aromatic rings. The van der Waals surface area contributed by atoms with Crippen LogP contribution >= 0.6 is 0 Å². The van der Waals surface area contributed by atoms with Crippen molar-refractivity contribution in [2.75, 3.05) is 26.4 Å². The summed E-state index contributed by atoms with van der Waals surface area (Å²) < 4.78 is 24.4. The Morgan fingerprint density at radius 3 is 1.11 bits per heavy atom. The van der Waals surface area contributed by atoms with Gasteiger partial charge in [0.1, 0.15) is 0 Å². The minimum Gasteiger partial charge on any atom is -0.490 e. The van der Waals surface area contributed by atoms with Crippen molar-refractivity contribution in [1.29, 1.82) is 0 Å². The molecule has 0 saturated carbocycles. The lowest BCUT2D eigenvalue weighted by atomic mass is 10.1. The van der Waals surface area contributed by atoms with Gasteiger partial charge in [-0.15, -0.1) is 0 Å². The van der Waals surface area contributed by atoms with E-state index < -0.39 is 23.8 Å². The summed E-state index contributed by atoms with van der Waals surface area (Å²) >= 11 is 0. The normalized spacial score (nSPS) is 17.6. The SMILES string of the molecule is C[C@@H](CC(=O)N1Cc2cc3c(cc2C1)OCCCOc1cc2c(cc1OCCCO3)CN(C(=O)C[C@H](C)C(=O)O)C2)C(=O)O. The Morgan fingerprint density at radius 1 is 0.591 bits per heavy atom. The van der Waals surface area contributed by atoms with Crippen molar-refractivity contribution in [2.24, 2.45) is 11.8 Å². The van der Waals surface area contributed by atoms with E-state index in [0.29, 0.717) is 88.4 Å². The molecule has 12 heteroatoms. The molecular weight excluding hydrogens is 572 g/mol. The Kier molecular flexibility index (Phi) is 9.46. The minimum atomic E-state index is -0.992. The Bertz CT molecular complexity index is 1260. The minimum absolute atomic E-state index is 0.0517. The number of carbonyl (C=O) groups is 4. The van der Waals surface area contributed by atoms with E-state index in [2.05, 4.69) is 0 Å². The number of hydrogen-bond donors (Lipinski definition) is 2. The number of benzene rings is 2. The molecule has 3 aliphatic rings. The van der Waals surface area contributed by atoms with E-state index in [1.54, 1.807) is 9.80 Å². The van der Waals surface area contributed by atoms with Crippen molar-refractivity contribution in [1.82, 2.24) is 9.80 Å². The van der Waals surface area contributed by atoms with E-state index in [4.69, 9.17) is 18.9 Å². The zero-order chi connectivity index (χ0) is 31.4. The van der Waals surface area contributed by atoms with E-state index in [0.717, 1.165) is 22.3 Å². The first-order valence-electron chi connectivity index (χ1n) is 14.9. The maximum Gasteiger partial charge on any atom is 0.306 e. The number of rotatable bonds is 6. The summed E-state index contributed by atoms with van der Waals surface area (Å²) in [6.45, 7) is 6.04. The number of carboxylic acids is 2. The third-order valence-corrected chi connectivity index (χ3v) is 8.09. The van der Waals surface area contributed by atoms with E-state index in [1.807, 2.05) is 24.3 Å². The van der Waals surface area contributed by atoms with Crippen LogP contribution in [-0.2, 0) is 45.4 Å². The highest BCUT2D eigenvalue weighted by molar-refractivity contribution is 5.83. The second kappa shape index (κ2) is 13.4. The van der Waals surface area contributed by atoms with Crippen LogP contribution in [0.3, 0.4) is 0 Å². The van der Waals surface area contributed by atoms with Crippen LogP contribution in [0.15, 0.2) is 24.3 Å². The van der Waals surface area contributed by atoms with Crippen molar-refractivity contribution in [3.8, 4) is 23.0 Å². The molecule has 44 heavy (non-hydrogen) atoms. The molecule has 3 aliphatic heterocycles. The molecular formula is C32H38N2O10. The molecule has 0 fully saturated rings. The summed E-state index contributed by atoms with van der Waals surface area (Å²) in [7, 11) is 0. The monoisotopic (exact) mass is 610 g/mol. The van der Waals surface area contributed by atoms with Crippen LogP contribution in [0.2, 0.25) is 0 Å². The summed E-state index contributed by atoms with van der Waals surface area (Å²) in [5.74, 6) is -1.57. The Labute approximate surface area is 255 Å². The van der Waals surface area contributed by atoms with Crippen LogP contribution in [0.4, 0.5) is 0 Å². The van der Waals surface area contributed by atoms with Crippen molar-refractivity contribution in [2.45, 2.75) is 65.7 Å². The molecule has 5 rings (SSSR count). The van der Waals surface area contributed by atoms with E-state index in [9.17, 15) is 29.4 Å². The number of aliphatic carboxylic acids is 2. The number of amides is 2. The van der Waals surface area contributed by atoms with Gasteiger partial charge in [0.15, 0.2) is 23.0 Å². The Balaban J connectivity index is 1.22. The molecule has 12 nitrogen and oxygen atoms in total. The summed E-state index contributed by atoms with van der Waals surface area (Å²) in [6, 6.07) is 7.57. The van der Waals surface area contributed by atoms with E-state index >= 15 is 0 Å². The van der Waals surface area contributed by atoms with Gasteiger partial charge in [-0.2, -0.15) is 0 Å². The highest BCUT2D eigenvalue weighted by atomic mass is 16.5. The first-order chi connectivity index (χ1) is 21.1. The van der Waals surface area contributed by atoms with Gasteiger partial charge in [0.2, 0.25) is 11.8 Å². The van der Waals surface area contributed by atoms with Gasteiger partial charge in [0.05, 0.1) is 38.3 Å². The number of carboxylic acid groups (broad SMARTS) is 2. The fourth-order valence-corrected chi connectivity index (χ4v) is 5.42. The standard InChI is InChI=1S/C32H38N2O10/c1-19(31(37)38)9-29(35)33-15-21-11-25-26(12-22(21)16-33)42-6-4-8-44-28-14-24-18-34(30(36)10-20(2)32(39)40)17-23(24)13-27(28)43-7-3-5-41-25/h11-14,19-20H,3-10,15-18H2,1-2H3,(H,37,38)(H,39,40)/t19-,20-/m0/s1. The zero-order valence-electron chi connectivity index (χ0n) is 25.0. The third kappa shape index (κ3) is 7.17. The molecule has 2 N–H and O–H groups in total. The van der Waals surface area contributed by atoms with Crippen LogP contribution in [-0.4, -0.2) is 70.2 Å². The van der Waals surface area contributed by atoms with Gasteiger partial charge in [-0.3, -0.25) is 19.2 Å². The molecule has 236 valence electrons. The summed E-state index contributed by atoms with van der Waals surface area (Å²) in [5.41, 5.74) is 3.77. The number of hydrogen-bond acceptors (Lipinski definition) is 8. The molecule has 0 bridgehead atoms. The highest BCUT2D eigenvalue weighted by Gasteiger charge is 2.29. The van der Waals surface area contributed by atoms with Gasteiger partial charge in [-0.1, -0.05) is 13.8 Å². The van der Waals surface area contributed by atoms with Gasteiger partial charge in [0, 0.05) is 51.9 Å². The largest absolute Gasteiger partial charge is 0.490 e. The van der Waals surface area contributed by atoms with Crippen LogP contribution in [0.1, 0.15) is 61.8 Å². The first kappa shape index (κ1) is 31.0. The zero-order valence-corrected chi connectivity index (χ0v) is 25.0. The van der Waals surface area contributed by atoms with E-state index in [1.165, 1.54) is 13.8 Å². The number of carbonyl (C=O) groups excluding carboxylic acids is 2. The second-order valence-electron chi connectivity index (χ2n) is 11.6. The molecule has 2 aromatic carbocycles. The van der Waals surface area contributed by atoms with Gasteiger partial charge in [-0.05, 0) is 46.5 Å². The van der Waals surface area contributed by atoms with Gasteiger partial charge in [0.25, 0.3) is 0 Å². The number of ether oxygens (including phenoxy) is 4. The maximum absolute atomic E-state index is 12.7. The first-order valence-corrected chi connectivity index (χ1v) is 14.9. The lowest BCUT2D eigenvalue weighted by Crippen LogP contribution is -2.28. The predicted molar refractivity (Wildman–Crippen MR) is 155 cm³/mol. The average molecular weight is 611 g/mol. The topological polar surface area (TPSA) is 152 Å². The van der Waals surface area contributed by atoms with Gasteiger partial charge >= 0.3 is 11.9 Å². The van der Waals surface area contributed by atoms with Gasteiger partial charge < -0.3 is 39.0 Å². The van der Waals surface area contributed by atoms with Crippen LogP contribution < -0.4 is 18.9 Å². The number of fused-ring (bicyclic) bond motifs is 4. The quantitative estimate of drug-likeness (QED) is 0.496. The lowest BCUT2D eigenvalue weighted by molar-refractivity contribution is -0.145. The molecule has 0 radical (unpaired) electrons. The maximum atomic E-state index is 12.7. The summed E-state index contributed by atoms with van der Waals surface area (Å²) in [5, 5.41) is 18.3. The Hall–Kier alpha value is -4.48. The molecule has 0 saturated heterocycles. The highest BCUT2D eigenvalue weighted by Crippen LogP contribution is 2.38. The predicted octanol–water partition coefficient (Wildman–Crippen LogP) is 3.60.